The molecule has 0 bridgehead atoms. The van der Waals surface area contributed by atoms with Crippen LogP contribution in [0.1, 0.15) is 39.0 Å². The van der Waals surface area contributed by atoms with Crippen LogP contribution in [-0.4, -0.2) is 31.8 Å². The fourth-order valence-electron chi connectivity index (χ4n) is 2.16. The van der Waals surface area contributed by atoms with E-state index in [2.05, 4.69) is 22.0 Å². The molecule has 3 amide bonds. The molecule has 1 saturated carbocycles. The van der Waals surface area contributed by atoms with Crippen LogP contribution in [0.15, 0.2) is 12.3 Å². The summed E-state index contributed by atoms with van der Waals surface area (Å²) in [6, 6.07) is -0.261. The lowest BCUT2D eigenvalue weighted by Crippen LogP contribution is -2.38. The van der Waals surface area contributed by atoms with Gasteiger partial charge >= 0.3 is 12.1 Å². The van der Waals surface area contributed by atoms with Gasteiger partial charge in [0.05, 0.1) is 6.61 Å². The van der Waals surface area contributed by atoms with Gasteiger partial charge in [0, 0.05) is 19.3 Å². The van der Waals surface area contributed by atoms with E-state index in [0.717, 1.165) is 0 Å². The molecule has 1 aliphatic rings. The van der Waals surface area contributed by atoms with Crippen LogP contribution in [0.4, 0.5) is 9.59 Å². The molecule has 0 aromatic rings. The molecule has 0 atom stereocenters. The second-order valence-electron chi connectivity index (χ2n) is 4.80. The highest BCUT2D eigenvalue weighted by Crippen LogP contribution is 2.24. The SMILES string of the molecule is CCOC(=O)NCCNC(=O)N/C=C/C1CCCCC1. The monoisotopic (exact) mass is 283 g/mol. The van der Waals surface area contributed by atoms with Crippen LogP contribution >= 0.6 is 0 Å². The summed E-state index contributed by atoms with van der Waals surface area (Å²) >= 11 is 0. The number of allylic oxidation sites excluding steroid dienone is 1. The number of rotatable bonds is 6. The van der Waals surface area contributed by atoms with Crippen molar-refractivity contribution in [2.45, 2.75) is 39.0 Å². The highest BCUT2D eigenvalue weighted by molar-refractivity contribution is 5.75. The molecule has 114 valence electrons. The zero-order valence-corrected chi connectivity index (χ0v) is 12.1. The van der Waals surface area contributed by atoms with Crippen molar-refractivity contribution in [1.82, 2.24) is 16.0 Å². The maximum atomic E-state index is 11.4. The van der Waals surface area contributed by atoms with Crippen molar-refractivity contribution in [2.24, 2.45) is 5.92 Å². The van der Waals surface area contributed by atoms with Crippen molar-refractivity contribution in [2.75, 3.05) is 19.7 Å². The van der Waals surface area contributed by atoms with Crippen LogP contribution in [-0.2, 0) is 4.74 Å². The van der Waals surface area contributed by atoms with Crippen LogP contribution in [0.2, 0.25) is 0 Å². The zero-order valence-electron chi connectivity index (χ0n) is 12.1. The van der Waals surface area contributed by atoms with Crippen molar-refractivity contribution in [3.8, 4) is 0 Å². The zero-order chi connectivity index (χ0) is 14.6. The molecule has 0 saturated heterocycles. The Balaban J connectivity index is 2.02. The summed E-state index contributed by atoms with van der Waals surface area (Å²) in [7, 11) is 0. The van der Waals surface area contributed by atoms with E-state index in [9.17, 15) is 9.59 Å². The van der Waals surface area contributed by atoms with Gasteiger partial charge in [0.2, 0.25) is 0 Å². The number of hydrogen-bond acceptors (Lipinski definition) is 3. The Morgan fingerprint density at radius 1 is 1.15 bits per heavy atom. The van der Waals surface area contributed by atoms with E-state index in [0.29, 0.717) is 25.6 Å². The molecule has 0 aliphatic heterocycles. The number of hydrogen-bond donors (Lipinski definition) is 3. The molecule has 0 spiro atoms. The van der Waals surface area contributed by atoms with Crippen molar-refractivity contribution in [3.63, 3.8) is 0 Å². The molecule has 0 heterocycles. The molecule has 1 rings (SSSR count). The lowest BCUT2D eigenvalue weighted by atomic mass is 9.89. The predicted molar refractivity (Wildman–Crippen MR) is 77.3 cm³/mol. The molecular formula is C14H25N3O3. The molecule has 3 N–H and O–H groups in total. The summed E-state index contributed by atoms with van der Waals surface area (Å²) in [5.41, 5.74) is 0. The van der Waals surface area contributed by atoms with Gasteiger partial charge in [0.1, 0.15) is 0 Å². The average Bonchev–Trinajstić information content (AvgIpc) is 2.45. The summed E-state index contributed by atoms with van der Waals surface area (Å²) < 4.78 is 4.69. The first-order valence-corrected chi connectivity index (χ1v) is 7.34. The van der Waals surface area contributed by atoms with Gasteiger partial charge in [-0.05, 0) is 25.7 Å². The standard InChI is InChI=1S/C14H25N3O3/c1-2-20-14(19)17-11-10-16-13(18)15-9-8-12-6-4-3-5-7-12/h8-9,12H,2-7,10-11H2,1H3,(H,17,19)(H2,15,16,18)/b9-8+. The van der Waals surface area contributed by atoms with Gasteiger partial charge in [-0.3, -0.25) is 0 Å². The third-order valence-corrected chi connectivity index (χ3v) is 3.19. The van der Waals surface area contributed by atoms with Crippen LogP contribution in [0.3, 0.4) is 0 Å². The summed E-state index contributed by atoms with van der Waals surface area (Å²) in [4.78, 5) is 22.4. The van der Waals surface area contributed by atoms with E-state index >= 15 is 0 Å². The predicted octanol–water partition coefficient (Wildman–Crippen LogP) is 2.13. The average molecular weight is 283 g/mol. The van der Waals surface area contributed by atoms with E-state index in [4.69, 9.17) is 4.74 Å². The third-order valence-electron chi connectivity index (χ3n) is 3.19. The van der Waals surface area contributed by atoms with E-state index in [1.165, 1.54) is 32.1 Å². The minimum Gasteiger partial charge on any atom is -0.450 e. The molecule has 6 heteroatoms. The second kappa shape index (κ2) is 10.1. The largest absolute Gasteiger partial charge is 0.450 e. The Morgan fingerprint density at radius 3 is 2.55 bits per heavy atom. The summed E-state index contributed by atoms with van der Waals surface area (Å²) in [5.74, 6) is 0.592. The molecule has 0 aromatic carbocycles. The highest BCUT2D eigenvalue weighted by Gasteiger charge is 2.09. The Hall–Kier alpha value is -1.72. The number of ether oxygens (including phenoxy) is 1. The second-order valence-corrected chi connectivity index (χ2v) is 4.80. The van der Waals surface area contributed by atoms with Gasteiger partial charge in [0.25, 0.3) is 0 Å². The van der Waals surface area contributed by atoms with E-state index in [-0.39, 0.29) is 6.03 Å². The quantitative estimate of drug-likeness (QED) is 0.653. The van der Waals surface area contributed by atoms with Crippen molar-refractivity contribution >= 4 is 12.1 Å². The third kappa shape index (κ3) is 7.66. The van der Waals surface area contributed by atoms with Crippen molar-refractivity contribution in [3.05, 3.63) is 12.3 Å². The Kier molecular flexibility index (Phi) is 8.26. The first-order chi connectivity index (χ1) is 9.72. The number of alkyl carbamates (subject to hydrolysis) is 1. The van der Waals surface area contributed by atoms with E-state index in [1.54, 1.807) is 13.1 Å². The highest BCUT2D eigenvalue weighted by atomic mass is 16.5. The van der Waals surface area contributed by atoms with E-state index in [1.807, 2.05) is 0 Å². The molecule has 0 unspecified atom stereocenters. The number of carbonyl (C=O) groups is 2. The fraction of sp³-hybridized carbons (Fsp3) is 0.714. The molecule has 1 aliphatic carbocycles. The Morgan fingerprint density at radius 2 is 1.85 bits per heavy atom. The van der Waals surface area contributed by atoms with Gasteiger partial charge in [-0.25, -0.2) is 9.59 Å². The number of urea groups is 1. The van der Waals surface area contributed by atoms with Crippen LogP contribution in [0, 0.1) is 5.92 Å². The maximum Gasteiger partial charge on any atom is 0.407 e. The number of carbonyl (C=O) groups excluding carboxylic acids is 2. The van der Waals surface area contributed by atoms with Gasteiger partial charge in [-0.2, -0.15) is 0 Å². The minimum absolute atomic E-state index is 0.261. The normalized spacial score (nSPS) is 15.8. The minimum atomic E-state index is -0.466. The first kappa shape index (κ1) is 16.3. The first-order valence-electron chi connectivity index (χ1n) is 7.34. The summed E-state index contributed by atoms with van der Waals surface area (Å²) in [5, 5.41) is 7.84. The molecular weight excluding hydrogens is 258 g/mol. The van der Waals surface area contributed by atoms with Crippen molar-refractivity contribution in [1.29, 1.82) is 0 Å². The van der Waals surface area contributed by atoms with E-state index < -0.39 is 6.09 Å². The lowest BCUT2D eigenvalue weighted by molar-refractivity contribution is 0.152. The number of nitrogens with one attached hydrogen (secondary N) is 3. The van der Waals surface area contributed by atoms with Crippen LogP contribution < -0.4 is 16.0 Å². The Labute approximate surface area is 120 Å². The van der Waals surface area contributed by atoms with Gasteiger partial charge in [-0.15, -0.1) is 0 Å². The Bertz CT molecular complexity index is 326. The summed E-state index contributed by atoms with van der Waals surface area (Å²) in [6.45, 7) is 2.79. The van der Waals surface area contributed by atoms with Gasteiger partial charge < -0.3 is 20.7 Å². The lowest BCUT2D eigenvalue weighted by Gasteiger charge is -2.17. The van der Waals surface area contributed by atoms with Crippen LogP contribution in [0.5, 0.6) is 0 Å². The summed E-state index contributed by atoms with van der Waals surface area (Å²) in [6.07, 6.45) is 9.62. The van der Waals surface area contributed by atoms with Crippen molar-refractivity contribution < 1.29 is 14.3 Å². The maximum absolute atomic E-state index is 11.4. The number of amides is 3. The molecule has 1 fully saturated rings. The fourth-order valence-corrected chi connectivity index (χ4v) is 2.16. The topological polar surface area (TPSA) is 79.5 Å². The molecule has 20 heavy (non-hydrogen) atoms. The molecule has 0 aromatic heterocycles. The van der Waals surface area contributed by atoms with Gasteiger partial charge in [0.15, 0.2) is 0 Å². The molecule has 6 nitrogen and oxygen atoms in total. The van der Waals surface area contributed by atoms with Gasteiger partial charge in [-0.1, -0.05) is 25.3 Å². The molecule has 0 radical (unpaired) electrons. The smallest absolute Gasteiger partial charge is 0.407 e. The van der Waals surface area contributed by atoms with Crippen LogP contribution in [0.25, 0.3) is 0 Å².